The number of methoxy groups -OCH3 is 1. The van der Waals surface area contributed by atoms with Gasteiger partial charge in [0.2, 0.25) is 0 Å². The van der Waals surface area contributed by atoms with Gasteiger partial charge in [-0.05, 0) is 18.1 Å². The molecule has 1 aliphatic rings. The predicted octanol–water partition coefficient (Wildman–Crippen LogP) is 0.750. The molecular weight excluding hydrogens is 266 g/mol. The van der Waals surface area contributed by atoms with Crippen molar-refractivity contribution in [1.29, 1.82) is 0 Å². The Hall–Kier alpha value is -1.40. The van der Waals surface area contributed by atoms with Crippen LogP contribution in [0.15, 0.2) is 24.3 Å². The fourth-order valence-corrected chi connectivity index (χ4v) is 3.90. The van der Waals surface area contributed by atoms with Crippen LogP contribution in [0.1, 0.15) is 22.3 Å². The summed E-state index contributed by atoms with van der Waals surface area (Å²) in [5.74, 6) is 0.0351. The van der Waals surface area contributed by atoms with Crippen LogP contribution in [0, 0.1) is 0 Å². The monoisotopic (exact) mass is 283 g/mol. The van der Waals surface area contributed by atoms with Gasteiger partial charge in [0.25, 0.3) is 0 Å². The lowest BCUT2D eigenvalue weighted by molar-refractivity contribution is 0.0599. The molecule has 1 unspecified atom stereocenters. The van der Waals surface area contributed by atoms with Gasteiger partial charge in [0.05, 0.1) is 24.2 Å². The van der Waals surface area contributed by atoms with Crippen LogP contribution in [-0.4, -0.2) is 39.0 Å². The first kappa shape index (κ1) is 14.0. The second-order valence-corrected chi connectivity index (χ2v) is 6.86. The number of hydrogen-bond acceptors (Lipinski definition) is 5. The van der Waals surface area contributed by atoms with Crippen LogP contribution in [-0.2, 0) is 21.1 Å². The highest BCUT2D eigenvalue weighted by atomic mass is 32.2. The van der Waals surface area contributed by atoms with Gasteiger partial charge in [0, 0.05) is 12.6 Å². The zero-order chi connectivity index (χ0) is 13.9. The van der Waals surface area contributed by atoms with Crippen LogP contribution in [0.25, 0.3) is 0 Å². The Morgan fingerprint density at radius 2 is 2.16 bits per heavy atom. The lowest BCUT2D eigenvalue weighted by atomic mass is 10.1. The van der Waals surface area contributed by atoms with Gasteiger partial charge in [0.1, 0.15) is 0 Å². The zero-order valence-electron chi connectivity index (χ0n) is 10.8. The van der Waals surface area contributed by atoms with Crippen molar-refractivity contribution in [3.63, 3.8) is 0 Å². The molecule has 0 aliphatic carbocycles. The topological polar surface area (TPSA) is 72.5 Å². The van der Waals surface area contributed by atoms with E-state index in [2.05, 4.69) is 5.32 Å². The van der Waals surface area contributed by atoms with E-state index in [0.717, 1.165) is 5.56 Å². The van der Waals surface area contributed by atoms with Crippen molar-refractivity contribution in [2.24, 2.45) is 0 Å². The van der Waals surface area contributed by atoms with E-state index in [9.17, 15) is 13.2 Å². The highest BCUT2D eigenvalue weighted by Gasteiger charge is 2.27. The SMILES string of the molecule is COC(=O)c1ccccc1CNC1CCS(=O)(=O)C1. The van der Waals surface area contributed by atoms with Gasteiger partial charge < -0.3 is 10.1 Å². The summed E-state index contributed by atoms with van der Waals surface area (Å²) >= 11 is 0. The van der Waals surface area contributed by atoms with Gasteiger partial charge in [-0.1, -0.05) is 18.2 Å². The number of esters is 1. The maximum absolute atomic E-state index is 11.6. The quantitative estimate of drug-likeness (QED) is 0.826. The number of sulfone groups is 1. The standard InChI is InChI=1S/C13H17NO4S/c1-18-13(15)12-5-3-2-4-10(12)8-14-11-6-7-19(16,17)9-11/h2-5,11,14H,6-9H2,1H3. The highest BCUT2D eigenvalue weighted by Crippen LogP contribution is 2.14. The first-order valence-electron chi connectivity index (χ1n) is 6.12. The van der Waals surface area contributed by atoms with Crippen LogP contribution in [0.2, 0.25) is 0 Å². The fraction of sp³-hybridized carbons (Fsp3) is 0.462. The summed E-state index contributed by atoms with van der Waals surface area (Å²) in [5.41, 5.74) is 1.33. The molecule has 1 fully saturated rings. The van der Waals surface area contributed by atoms with Crippen molar-refractivity contribution in [3.05, 3.63) is 35.4 Å². The summed E-state index contributed by atoms with van der Waals surface area (Å²) in [7, 11) is -1.54. The van der Waals surface area contributed by atoms with Crippen LogP contribution < -0.4 is 5.32 Å². The molecule has 5 nitrogen and oxygen atoms in total. The molecule has 1 N–H and O–H groups in total. The van der Waals surface area contributed by atoms with Crippen LogP contribution >= 0.6 is 0 Å². The molecule has 104 valence electrons. The van der Waals surface area contributed by atoms with E-state index in [1.807, 2.05) is 12.1 Å². The van der Waals surface area contributed by atoms with Gasteiger partial charge in [-0.15, -0.1) is 0 Å². The summed E-state index contributed by atoms with van der Waals surface area (Å²) in [6, 6.07) is 7.12. The Bertz CT molecular complexity index is 568. The molecule has 0 amide bonds. The van der Waals surface area contributed by atoms with Gasteiger partial charge in [-0.2, -0.15) is 0 Å². The molecule has 6 heteroatoms. The second-order valence-electron chi connectivity index (χ2n) is 4.63. The summed E-state index contributed by atoms with van der Waals surface area (Å²) in [6.45, 7) is 0.464. The molecule has 1 heterocycles. The zero-order valence-corrected chi connectivity index (χ0v) is 11.6. The molecular formula is C13H17NO4S. The van der Waals surface area contributed by atoms with Gasteiger partial charge in [-0.3, -0.25) is 0 Å². The van der Waals surface area contributed by atoms with Gasteiger partial charge >= 0.3 is 5.97 Å². The van der Waals surface area contributed by atoms with Crippen molar-refractivity contribution in [3.8, 4) is 0 Å². The third-order valence-electron chi connectivity index (χ3n) is 3.24. The van der Waals surface area contributed by atoms with E-state index >= 15 is 0 Å². The third-order valence-corrected chi connectivity index (χ3v) is 5.00. The first-order valence-corrected chi connectivity index (χ1v) is 7.94. The summed E-state index contributed by atoms with van der Waals surface area (Å²) in [4.78, 5) is 11.6. The summed E-state index contributed by atoms with van der Waals surface area (Å²) < 4.78 is 27.4. The van der Waals surface area contributed by atoms with Crippen molar-refractivity contribution < 1.29 is 17.9 Å². The lowest BCUT2D eigenvalue weighted by Crippen LogP contribution is -2.30. The Kier molecular flexibility index (Phi) is 4.21. The largest absolute Gasteiger partial charge is 0.465 e. The molecule has 0 radical (unpaired) electrons. The normalized spacial score (nSPS) is 21.2. The third kappa shape index (κ3) is 3.54. The van der Waals surface area contributed by atoms with Gasteiger partial charge in [0.15, 0.2) is 9.84 Å². The number of nitrogens with one attached hydrogen (secondary N) is 1. The second kappa shape index (κ2) is 5.71. The molecule has 1 aromatic rings. The molecule has 0 saturated carbocycles. The fourth-order valence-electron chi connectivity index (χ4n) is 2.19. The minimum Gasteiger partial charge on any atom is -0.465 e. The Labute approximate surface area is 112 Å². The number of carbonyl (C=O) groups excluding carboxylic acids is 1. The molecule has 1 atom stereocenters. The average Bonchev–Trinajstić information content (AvgIpc) is 2.75. The molecule has 0 bridgehead atoms. The number of hydrogen-bond donors (Lipinski definition) is 1. The maximum atomic E-state index is 11.6. The minimum absolute atomic E-state index is 0.0318. The number of benzene rings is 1. The average molecular weight is 283 g/mol. The van der Waals surface area contributed by atoms with Crippen molar-refractivity contribution in [2.75, 3.05) is 18.6 Å². The van der Waals surface area contributed by atoms with Crippen LogP contribution in [0.3, 0.4) is 0 Å². The first-order chi connectivity index (χ1) is 9.02. The Balaban J connectivity index is 2.02. The van der Waals surface area contributed by atoms with E-state index in [-0.39, 0.29) is 23.5 Å². The lowest BCUT2D eigenvalue weighted by Gasteiger charge is -2.12. The van der Waals surface area contributed by atoms with Crippen LogP contribution in [0.5, 0.6) is 0 Å². The van der Waals surface area contributed by atoms with Crippen molar-refractivity contribution in [2.45, 2.75) is 19.0 Å². The molecule has 0 spiro atoms. The number of rotatable bonds is 4. The highest BCUT2D eigenvalue weighted by molar-refractivity contribution is 7.91. The molecule has 19 heavy (non-hydrogen) atoms. The van der Waals surface area contributed by atoms with E-state index in [1.165, 1.54) is 7.11 Å². The molecule has 1 saturated heterocycles. The molecule has 1 aromatic carbocycles. The number of ether oxygens (including phenoxy) is 1. The van der Waals surface area contributed by atoms with E-state index in [0.29, 0.717) is 18.5 Å². The van der Waals surface area contributed by atoms with Crippen molar-refractivity contribution >= 4 is 15.8 Å². The number of carbonyl (C=O) groups is 1. The van der Waals surface area contributed by atoms with Crippen LogP contribution in [0.4, 0.5) is 0 Å². The van der Waals surface area contributed by atoms with Gasteiger partial charge in [-0.25, -0.2) is 13.2 Å². The van der Waals surface area contributed by atoms with E-state index in [1.54, 1.807) is 12.1 Å². The molecule has 0 aromatic heterocycles. The molecule has 2 rings (SSSR count). The summed E-state index contributed by atoms with van der Waals surface area (Å²) in [5, 5.41) is 3.19. The Morgan fingerprint density at radius 1 is 1.42 bits per heavy atom. The van der Waals surface area contributed by atoms with E-state index < -0.39 is 9.84 Å². The smallest absolute Gasteiger partial charge is 0.338 e. The molecule has 1 aliphatic heterocycles. The maximum Gasteiger partial charge on any atom is 0.338 e. The summed E-state index contributed by atoms with van der Waals surface area (Å²) in [6.07, 6.45) is 0.628. The predicted molar refractivity (Wildman–Crippen MR) is 71.7 cm³/mol. The van der Waals surface area contributed by atoms with Crippen molar-refractivity contribution in [1.82, 2.24) is 5.32 Å². The minimum atomic E-state index is -2.89. The Morgan fingerprint density at radius 3 is 2.79 bits per heavy atom. The van der Waals surface area contributed by atoms with E-state index in [4.69, 9.17) is 4.74 Å².